The number of aryl methyl sites for hydroxylation is 1. The smallest absolute Gasteiger partial charge is 0.290 e. The number of aliphatic hydroxyl groups excluding tert-OH is 1. The largest absolute Gasteiger partial charge is 0.512 e. The van der Waals surface area contributed by atoms with Gasteiger partial charge in [-0.2, -0.15) is 0 Å². The number of fused-ring (bicyclic) bond motifs is 3. The van der Waals surface area contributed by atoms with Crippen LogP contribution >= 0.6 is 0 Å². The first-order valence-corrected chi connectivity index (χ1v) is 6.62. The summed E-state index contributed by atoms with van der Waals surface area (Å²) in [5.74, 6) is -2.14. The van der Waals surface area contributed by atoms with Gasteiger partial charge < -0.3 is 24.8 Å². The molecule has 3 aromatic rings. The zero-order valence-corrected chi connectivity index (χ0v) is 12.2. The minimum Gasteiger partial charge on any atom is -0.512 e. The van der Waals surface area contributed by atoms with E-state index in [0.717, 1.165) is 12.1 Å². The standard InChI is InChI=1S/C16H12O7/c1-5-11-8(4-9(18)13(5)20)16(22)23-15-12(11)7(6(2)17)3-10(19)14(15)21/h3-4,17-19,22H,1-2H3. The monoisotopic (exact) mass is 316 g/mol. The van der Waals surface area contributed by atoms with Crippen LogP contribution in [0.4, 0.5) is 0 Å². The van der Waals surface area contributed by atoms with Crippen LogP contribution in [0.15, 0.2) is 26.1 Å². The zero-order valence-electron chi connectivity index (χ0n) is 12.2. The van der Waals surface area contributed by atoms with Gasteiger partial charge in [0.2, 0.25) is 5.43 Å². The molecule has 0 saturated carbocycles. The van der Waals surface area contributed by atoms with Crippen LogP contribution in [0.5, 0.6) is 17.4 Å². The van der Waals surface area contributed by atoms with Crippen molar-refractivity contribution in [2.24, 2.45) is 0 Å². The van der Waals surface area contributed by atoms with E-state index in [1.807, 2.05) is 0 Å². The van der Waals surface area contributed by atoms with Crippen LogP contribution in [0.2, 0.25) is 0 Å². The molecule has 0 aliphatic carbocycles. The minimum atomic E-state index is -0.887. The minimum absolute atomic E-state index is 0.0136. The normalized spacial score (nSPS) is 12.8. The molecule has 2 aromatic carbocycles. The summed E-state index contributed by atoms with van der Waals surface area (Å²) in [6.45, 7) is 2.75. The fourth-order valence-electron chi connectivity index (χ4n) is 2.68. The molecule has 0 saturated heterocycles. The van der Waals surface area contributed by atoms with Crippen LogP contribution in [0.25, 0.3) is 27.5 Å². The van der Waals surface area contributed by atoms with Gasteiger partial charge in [-0.05, 0) is 26.0 Å². The van der Waals surface area contributed by atoms with Crippen LogP contribution in [-0.2, 0) is 0 Å². The first-order chi connectivity index (χ1) is 10.7. The molecule has 7 nitrogen and oxygen atoms in total. The maximum absolute atomic E-state index is 12.1. The van der Waals surface area contributed by atoms with Crippen LogP contribution in [-0.4, -0.2) is 20.4 Å². The van der Waals surface area contributed by atoms with E-state index in [4.69, 9.17) is 4.42 Å². The predicted octanol–water partition coefficient (Wildman–Crippen LogP) is 1.14. The van der Waals surface area contributed by atoms with E-state index in [1.54, 1.807) is 0 Å². The Morgan fingerprint density at radius 3 is 2.22 bits per heavy atom. The summed E-state index contributed by atoms with van der Waals surface area (Å²) in [4.78, 5) is 24.1. The third-order valence-electron chi connectivity index (χ3n) is 3.78. The van der Waals surface area contributed by atoms with E-state index in [0.29, 0.717) is 0 Å². The van der Waals surface area contributed by atoms with Crippen molar-refractivity contribution in [1.29, 1.82) is 0 Å². The average Bonchev–Trinajstić information content (AvgIpc) is 2.49. The Bertz CT molecular complexity index is 1150. The lowest BCUT2D eigenvalue weighted by atomic mass is 9.99. The second-order valence-corrected chi connectivity index (χ2v) is 5.24. The Morgan fingerprint density at radius 2 is 1.61 bits per heavy atom. The Kier molecular flexibility index (Phi) is 2.97. The van der Waals surface area contributed by atoms with Crippen LogP contribution in [0.1, 0.15) is 12.5 Å². The van der Waals surface area contributed by atoms with Gasteiger partial charge in [-0.1, -0.05) is 0 Å². The number of benzene rings is 2. The van der Waals surface area contributed by atoms with Crippen molar-refractivity contribution in [3.05, 3.63) is 43.4 Å². The molecule has 3 rings (SSSR count). The molecule has 7 heteroatoms. The Labute approximate surface area is 128 Å². The lowest BCUT2D eigenvalue weighted by molar-refractivity contribution is 0.345. The van der Waals surface area contributed by atoms with Crippen molar-refractivity contribution in [2.75, 3.05) is 0 Å². The molecule has 0 bridgehead atoms. The molecule has 0 aliphatic heterocycles. The molecule has 0 unspecified atom stereocenters. The number of aliphatic hydroxyl groups is 1. The topological polar surface area (TPSA) is 128 Å². The summed E-state index contributed by atoms with van der Waals surface area (Å²) in [5.41, 5.74) is -1.89. The molecular weight excluding hydrogens is 304 g/mol. The number of aromatic hydroxyl groups is 3. The van der Waals surface area contributed by atoms with Gasteiger partial charge in [-0.3, -0.25) is 9.59 Å². The third kappa shape index (κ3) is 1.90. The number of phenolic OH excluding ortho intramolecular Hbond substituents is 2. The van der Waals surface area contributed by atoms with Gasteiger partial charge in [0.05, 0.1) is 11.1 Å². The van der Waals surface area contributed by atoms with Gasteiger partial charge in [-0.25, -0.2) is 0 Å². The molecule has 1 heterocycles. The van der Waals surface area contributed by atoms with Gasteiger partial charge in [0, 0.05) is 21.6 Å². The van der Waals surface area contributed by atoms with Crippen LogP contribution in [0.3, 0.4) is 0 Å². The highest BCUT2D eigenvalue weighted by molar-refractivity contribution is 6.09. The summed E-state index contributed by atoms with van der Waals surface area (Å²) in [5, 5.41) is 39.5. The molecule has 0 radical (unpaired) electrons. The SMILES string of the molecule is CC(O)=c1cc(O)c(=O)c2oc(O)c3cc(O)c(=O)c(C)c3c12. The van der Waals surface area contributed by atoms with Crippen molar-refractivity contribution in [3.63, 3.8) is 0 Å². The second-order valence-electron chi connectivity index (χ2n) is 5.24. The van der Waals surface area contributed by atoms with E-state index in [-0.39, 0.29) is 32.7 Å². The Morgan fingerprint density at radius 1 is 1.00 bits per heavy atom. The van der Waals surface area contributed by atoms with Crippen molar-refractivity contribution < 1.29 is 24.8 Å². The van der Waals surface area contributed by atoms with Gasteiger partial charge in [0.15, 0.2) is 17.1 Å². The van der Waals surface area contributed by atoms with E-state index in [1.165, 1.54) is 13.8 Å². The quantitative estimate of drug-likeness (QED) is 0.458. The van der Waals surface area contributed by atoms with Crippen LogP contribution in [0, 0.1) is 6.92 Å². The Hall–Kier alpha value is -3.22. The second kappa shape index (κ2) is 4.64. The zero-order chi connectivity index (χ0) is 17.0. The maximum atomic E-state index is 12.1. The number of hydrogen-bond acceptors (Lipinski definition) is 7. The van der Waals surface area contributed by atoms with E-state index in [2.05, 4.69) is 0 Å². The number of rotatable bonds is 0. The highest BCUT2D eigenvalue weighted by Crippen LogP contribution is 2.33. The predicted molar refractivity (Wildman–Crippen MR) is 82.9 cm³/mol. The molecule has 0 amide bonds. The molecule has 0 spiro atoms. The molecule has 0 fully saturated rings. The maximum Gasteiger partial charge on any atom is 0.290 e. The summed E-state index contributed by atoms with van der Waals surface area (Å²) in [6, 6.07) is 2.08. The van der Waals surface area contributed by atoms with Gasteiger partial charge >= 0.3 is 0 Å². The fourth-order valence-corrected chi connectivity index (χ4v) is 2.68. The molecule has 4 N–H and O–H groups in total. The van der Waals surface area contributed by atoms with Crippen molar-refractivity contribution in [3.8, 4) is 17.4 Å². The first kappa shape index (κ1) is 14.7. The van der Waals surface area contributed by atoms with Crippen molar-refractivity contribution in [2.45, 2.75) is 13.8 Å². The summed E-state index contributed by atoms with van der Waals surface area (Å²) in [6.07, 6.45) is 0. The summed E-state index contributed by atoms with van der Waals surface area (Å²) in [7, 11) is 0. The average molecular weight is 316 g/mol. The molecule has 0 atom stereocenters. The Balaban J connectivity index is 2.89. The summed E-state index contributed by atoms with van der Waals surface area (Å²) >= 11 is 0. The van der Waals surface area contributed by atoms with Gasteiger partial charge in [0.1, 0.15) is 0 Å². The van der Waals surface area contributed by atoms with E-state index < -0.39 is 33.9 Å². The van der Waals surface area contributed by atoms with Gasteiger partial charge in [-0.15, -0.1) is 0 Å². The summed E-state index contributed by atoms with van der Waals surface area (Å²) < 4.78 is 5.07. The molecule has 23 heavy (non-hydrogen) atoms. The first-order valence-electron chi connectivity index (χ1n) is 6.62. The van der Waals surface area contributed by atoms with Crippen molar-refractivity contribution >= 4 is 27.5 Å². The number of hydrogen-bond donors (Lipinski definition) is 4. The lowest BCUT2D eigenvalue weighted by Crippen LogP contribution is -2.15. The van der Waals surface area contributed by atoms with Crippen LogP contribution < -0.4 is 16.1 Å². The molecular formula is C16H12O7. The van der Waals surface area contributed by atoms with E-state index >= 15 is 0 Å². The third-order valence-corrected chi connectivity index (χ3v) is 3.78. The highest BCUT2D eigenvalue weighted by atomic mass is 16.5. The van der Waals surface area contributed by atoms with Crippen molar-refractivity contribution in [1.82, 2.24) is 0 Å². The molecule has 1 aromatic heterocycles. The molecule has 118 valence electrons. The van der Waals surface area contributed by atoms with E-state index in [9.17, 15) is 30.0 Å². The highest BCUT2D eigenvalue weighted by Gasteiger charge is 2.20. The molecule has 0 aliphatic rings. The van der Waals surface area contributed by atoms with Gasteiger partial charge in [0.25, 0.3) is 11.4 Å². The fraction of sp³-hybridized carbons (Fsp3) is 0.125. The lowest BCUT2D eigenvalue weighted by Gasteiger charge is -2.09. The number of phenols is 2.